The first-order chi connectivity index (χ1) is 23.4. The second-order valence-corrected chi connectivity index (χ2v) is 15.0. The van der Waals surface area contributed by atoms with Crippen molar-refractivity contribution in [1.82, 2.24) is 9.78 Å². The molecule has 49 heavy (non-hydrogen) atoms. The molecule has 0 aliphatic rings. The molecule has 2 heterocycles. The quantitative estimate of drug-likeness (QED) is 0.0256. The van der Waals surface area contributed by atoms with Gasteiger partial charge in [0, 0.05) is 10.4 Å². The summed E-state index contributed by atoms with van der Waals surface area (Å²) in [6.45, 7) is 1.60. The fourth-order valence-corrected chi connectivity index (χ4v) is 7.60. The van der Waals surface area contributed by atoms with Crippen molar-refractivity contribution in [1.29, 1.82) is 0 Å². The second kappa shape index (κ2) is 15.6. The third kappa shape index (κ3) is 9.42. The molecule has 5 aromatic rings. The summed E-state index contributed by atoms with van der Waals surface area (Å²) >= 11 is 5.22. The van der Waals surface area contributed by atoms with Crippen LogP contribution in [0.4, 0.5) is 0 Å². The molecule has 2 N–H and O–H groups in total. The minimum Gasteiger partial charge on any atom is -0.462 e. The lowest BCUT2D eigenvalue weighted by molar-refractivity contribution is -0.757. The summed E-state index contributed by atoms with van der Waals surface area (Å²) in [6, 6.07) is 21.6. The molecule has 0 spiro atoms. The van der Waals surface area contributed by atoms with Crippen LogP contribution in [0.25, 0.3) is 27.4 Å². The molecule has 0 fully saturated rings. The van der Waals surface area contributed by atoms with Crippen molar-refractivity contribution in [2.24, 2.45) is 5.14 Å². The Kier molecular flexibility index (Phi) is 11.3. The number of carbonyl (C=O) groups is 2. The van der Waals surface area contributed by atoms with E-state index >= 15 is 0 Å². The molecular weight excluding hydrogens is 713 g/mol. The number of rotatable bonds is 14. The first-order valence-electron chi connectivity index (χ1n) is 14.6. The number of ether oxygens (including phenoxy) is 2. The highest BCUT2D eigenvalue weighted by atomic mass is 32.9. The van der Waals surface area contributed by atoms with E-state index in [1.165, 1.54) is 34.6 Å². The van der Waals surface area contributed by atoms with Crippen molar-refractivity contribution in [3.05, 3.63) is 110 Å². The van der Waals surface area contributed by atoms with E-state index in [1.807, 2.05) is 30.3 Å². The Morgan fingerprint density at radius 3 is 2.31 bits per heavy atom. The molecule has 0 unspecified atom stereocenters. The van der Waals surface area contributed by atoms with Gasteiger partial charge in [-0.25, -0.2) is 23.0 Å². The lowest BCUT2D eigenvalue weighted by Gasteiger charge is -2.14. The van der Waals surface area contributed by atoms with E-state index in [9.17, 15) is 28.1 Å². The van der Waals surface area contributed by atoms with Gasteiger partial charge in [-0.3, -0.25) is 4.79 Å². The van der Waals surface area contributed by atoms with E-state index in [1.54, 1.807) is 46.2 Å². The van der Waals surface area contributed by atoms with Crippen LogP contribution in [-0.4, -0.2) is 48.4 Å². The third-order valence-electron chi connectivity index (χ3n) is 6.98. The summed E-state index contributed by atoms with van der Waals surface area (Å²) in [7, 11) is -0.812. The molecule has 0 atom stereocenters. The molecule has 2 aromatic heterocycles. The minimum absolute atomic E-state index is 0.00653. The van der Waals surface area contributed by atoms with Crippen molar-refractivity contribution in [3.8, 4) is 33.1 Å². The highest BCUT2D eigenvalue weighted by Gasteiger charge is 2.21. The number of esters is 2. The van der Waals surface area contributed by atoms with Crippen LogP contribution >= 0.6 is 32.9 Å². The minimum atomic E-state index is -3.90. The monoisotopic (exact) mass is 740 g/mol. The van der Waals surface area contributed by atoms with Crippen LogP contribution in [0.3, 0.4) is 0 Å². The predicted octanol–water partition coefficient (Wildman–Crippen LogP) is 6.31. The fourth-order valence-electron chi connectivity index (χ4n) is 4.68. The highest BCUT2D eigenvalue weighted by Crippen LogP contribution is 2.32. The van der Waals surface area contributed by atoms with Crippen LogP contribution in [0.15, 0.2) is 83.8 Å². The van der Waals surface area contributed by atoms with Crippen LogP contribution < -0.4 is 9.88 Å². The number of nitrogens with zero attached hydrogens (tertiary/aromatic N) is 3. The molecule has 17 heteroatoms. The Morgan fingerprint density at radius 2 is 1.65 bits per heavy atom. The number of sulfonamides is 1. The Labute approximate surface area is 293 Å². The number of primary sulfonamides is 1. The van der Waals surface area contributed by atoms with E-state index in [2.05, 4.69) is 9.94 Å². The molecular formula is C32H28N4O9S4. The lowest BCUT2D eigenvalue weighted by atomic mass is 10.1. The second-order valence-electron chi connectivity index (χ2n) is 10.6. The topological polar surface area (TPSA) is 183 Å². The summed E-state index contributed by atoms with van der Waals surface area (Å²) in [5.41, 5.74) is 3.95. The van der Waals surface area contributed by atoms with Gasteiger partial charge in [-0.15, -0.1) is 10.1 Å². The van der Waals surface area contributed by atoms with Crippen LogP contribution in [0.1, 0.15) is 34.5 Å². The zero-order valence-electron chi connectivity index (χ0n) is 25.8. The number of aromatic nitrogens is 2. The van der Waals surface area contributed by atoms with Crippen molar-refractivity contribution in [2.45, 2.75) is 31.1 Å². The Morgan fingerprint density at radius 1 is 0.959 bits per heavy atom. The van der Waals surface area contributed by atoms with Gasteiger partial charge < -0.3 is 14.3 Å². The van der Waals surface area contributed by atoms with Crippen molar-refractivity contribution >= 4 is 54.9 Å². The summed E-state index contributed by atoms with van der Waals surface area (Å²) in [5, 5.41) is 19.2. The molecule has 0 saturated heterocycles. The molecule has 0 aliphatic heterocycles. The van der Waals surface area contributed by atoms with E-state index in [0.29, 0.717) is 34.6 Å². The zero-order chi connectivity index (χ0) is 35.1. The highest BCUT2D eigenvalue weighted by molar-refractivity contribution is 7.89. The number of benzene rings is 3. The molecule has 0 saturated carbocycles. The maximum Gasteiger partial charge on any atom is 0.341 e. The number of nitrogens with two attached hydrogens (primary N) is 1. The van der Waals surface area contributed by atoms with Crippen molar-refractivity contribution in [2.75, 3.05) is 13.2 Å². The number of hydrogen-bond acceptors (Lipinski definition) is 13. The van der Waals surface area contributed by atoms with E-state index in [-0.39, 0.29) is 42.3 Å². The Hall–Kier alpha value is -4.81. The summed E-state index contributed by atoms with van der Waals surface area (Å²) in [6.07, 6.45) is 0.518. The lowest BCUT2D eigenvalue weighted by Crippen LogP contribution is -2.15. The van der Waals surface area contributed by atoms with Crippen LogP contribution in [0, 0.1) is 20.9 Å². The predicted molar refractivity (Wildman–Crippen MR) is 185 cm³/mol. The average molecular weight is 741 g/mol. The maximum absolute atomic E-state index is 13.2. The van der Waals surface area contributed by atoms with E-state index in [4.69, 9.17) is 26.8 Å². The average Bonchev–Trinajstić information content (AvgIpc) is 3.67. The smallest absolute Gasteiger partial charge is 0.341 e. The molecule has 3 aromatic carbocycles. The standard InChI is InChI=1S/C32H28N4O9S4/c1-20-16-27(35(34-20)24-9-11-25(12-10-24)49(33,41)42)23-8-13-26(32(38)43-14-2-3-15-44-36(39)40)28(18-23)45-30(37)17-21-4-6-22(7-5-21)29-19-31(46)48-47-29/h4-13,16,18-19H,2-3,14-15,17H2,1H3,(H2,33,41,42). The summed E-state index contributed by atoms with van der Waals surface area (Å²) in [5.74, 6) is -1.42. The first-order valence-corrected chi connectivity index (χ1v) is 18.7. The number of carbonyl (C=O) groups excluding carboxylic acids is 2. The van der Waals surface area contributed by atoms with Crippen molar-refractivity contribution in [3.63, 3.8) is 0 Å². The van der Waals surface area contributed by atoms with E-state index in [0.717, 1.165) is 14.3 Å². The van der Waals surface area contributed by atoms with Gasteiger partial charge in [0.1, 0.15) is 15.1 Å². The van der Waals surface area contributed by atoms with Crippen molar-refractivity contribution < 1.29 is 37.4 Å². The van der Waals surface area contributed by atoms with Gasteiger partial charge in [-0.1, -0.05) is 63.2 Å². The SMILES string of the molecule is Cc1cc(-c2ccc(C(=O)OCCCCO[N+](=O)[O-])c(OC(=O)Cc3ccc(-c4cc(=S)ss4)cc3)c2)n(-c2ccc(S(N)(=O)=O)cc2)n1. The molecule has 0 amide bonds. The molecule has 0 radical (unpaired) electrons. The molecule has 254 valence electrons. The molecule has 0 bridgehead atoms. The third-order valence-corrected chi connectivity index (χ3v) is 10.8. The number of hydrogen-bond donors (Lipinski definition) is 1. The van der Waals surface area contributed by atoms with E-state index < -0.39 is 27.0 Å². The first kappa shape index (κ1) is 35.5. The van der Waals surface area contributed by atoms with Gasteiger partial charge >= 0.3 is 11.9 Å². The van der Waals surface area contributed by atoms with Gasteiger partial charge in [0.2, 0.25) is 10.0 Å². The van der Waals surface area contributed by atoms with Gasteiger partial charge in [0.25, 0.3) is 5.09 Å². The van der Waals surface area contributed by atoms with Gasteiger partial charge in [0.05, 0.1) is 41.6 Å². The van der Waals surface area contributed by atoms with Crippen LogP contribution in [-0.2, 0) is 30.8 Å². The number of aryl methyl sites for hydroxylation is 1. The Bertz CT molecular complexity index is 2160. The largest absolute Gasteiger partial charge is 0.462 e. The van der Waals surface area contributed by atoms with Crippen LogP contribution in [0.5, 0.6) is 5.75 Å². The number of unbranched alkanes of at least 4 members (excludes halogenated alkanes) is 1. The van der Waals surface area contributed by atoms with Gasteiger partial charge in [-0.05, 0) is 79.4 Å². The molecule has 0 aliphatic carbocycles. The normalized spacial score (nSPS) is 11.2. The Balaban J connectivity index is 1.40. The fraction of sp³-hybridized carbons (Fsp3) is 0.188. The zero-order valence-corrected chi connectivity index (χ0v) is 29.0. The summed E-state index contributed by atoms with van der Waals surface area (Å²) < 4.78 is 37.0. The summed E-state index contributed by atoms with van der Waals surface area (Å²) in [4.78, 5) is 42.0. The van der Waals surface area contributed by atoms with Gasteiger partial charge in [0.15, 0.2) is 0 Å². The maximum atomic E-state index is 13.2. The molecule has 5 rings (SSSR count). The van der Waals surface area contributed by atoms with Crippen LogP contribution in [0.2, 0.25) is 0 Å². The van der Waals surface area contributed by atoms with Gasteiger partial charge in [-0.2, -0.15) is 5.10 Å². The molecule has 13 nitrogen and oxygen atoms in total.